The van der Waals surface area contributed by atoms with E-state index < -0.39 is 10.0 Å². The molecule has 0 bridgehead atoms. The van der Waals surface area contributed by atoms with Gasteiger partial charge in [-0.15, -0.1) is 0 Å². The SMILES string of the molecule is COc1ccc(OC)c(CN2CCN(C(=O)c3ccccc3S(=O)(=O)N3CCCCC3)CC2)c1. The van der Waals surface area contributed by atoms with Crippen LogP contribution in [0.1, 0.15) is 35.2 Å². The summed E-state index contributed by atoms with van der Waals surface area (Å²) in [4.78, 5) is 17.5. The van der Waals surface area contributed by atoms with Crippen molar-refractivity contribution in [3.8, 4) is 11.5 Å². The lowest BCUT2D eigenvalue weighted by atomic mass is 10.1. The first-order valence-corrected chi connectivity index (χ1v) is 13.2. The third kappa shape index (κ3) is 5.21. The Labute approximate surface area is 202 Å². The van der Waals surface area contributed by atoms with E-state index in [2.05, 4.69) is 4.90 Å². The quantitative estimate of drug-likeness (QED) is 0.598. The molecule has 8 nitrogen and oxygen atoms in total. The van der Waals surface area contributed by atoms with Gasteiger partial charge < -0.3 is 14.4 Å². The van der Waals surface area contributed by atoms with E-state index in [1.165, 1.54) is 4.31 Å². The van der Waals surface area contributed by atoms with Gasteiger partial charge in [0.2, 0.25) is 10.0 Å². The highest BCUT2D eigenvalue weighted by molar-refractivity contribution is 7.89. The number of sulfonamides is 1. The predicted molar refractivity (Wildman–Crippen MR) is 130 cm³/mol. The van der Waals surface area contributed by atoms with E-state index in [1.54, 1.807) is 43.4 Å². The maximum absolute atomic E-state index is 13.4. The summed E-state index contributed by atoms with van der Waals surface area (Å²) in [5.41, 5.74) is 1.29. The maximum Gasteiger partial charge on any atom is 0.255 e. The molecule has 0 N–H and O–H groups in total. The monoisotopic (exact) mass is 487 g/mol. The van der Waals surface area contributed by atoms with Crippen LogP contribution in [0.25, 0.3) is 0 Å². The molecule has 2 aliphatic heterocycles. The molecule has 1 amide bonds. The average Bonchev–Trinajstić information content (AvgIpc) is 2.89. The smallest absolute Gasteiger partial charge is 0.255 e. The molecule has 4 rings (SSSR count). The lowest BCUT2D eigenvalue weighted by Gasteiger charge is -2.35. The van der Waals surface area contributed by atoms with Gasteiger partial charge in [-0.2, -0.15) is 4.31 Å². The fraction of sp³-hybridized carbons (Fsp3) is 0.480. The third-order valence-electron chi connectivity index (χ3n) is 6.59. The largest absolute Gasteiger partial charge is 0.497 e. The minimum Gasteiger partial charge on any atom is -0.497 e. The van der Waals surface area contributed by atoms with Gasteiger partial charge >= 0.3 is 0 Å². The van der Waals surface area contributed by atoms with Crippen molar-refractivity contribution < 1.29 is 22.7 Å². The molecule has 0 unspecified atom stereocenters. The van der Waals surface area contributed by atoms with Crippen molar-refractivity contribution in [3.63, 3.8) is 0 Å². The van der Waals surface area contributed by atoms with Crippen LogP contribution in [0.2, 0.25) is 0 Å². The van der Waals surface area contributed by atoms with E-state index >= 15 is 0 Å². The van der Waals surface area contributed by atoms with E-state index in [0.717, 1.165) is 36.3 Å². The lowest BCUT2D eigenvalue weighted by Crippen LogP contribution is -2.48. The fourth-order valence-electron chi connectivity index (χ4n) is 4.64. The van der Waals surface area contributed by atoms with Gasteiger partial charge in [0.15, 0.2) is 0 Å². The van der Waals surface area contributed by atoms with E-state index in [-0.39, 0.29) is 16.4 Å². The minimum absolute atomic E-state index is 0.116. The Hall–Kier alpha value is -2.62. The normalized spacial score (nSPS) is 18.0. The Morgan fingerprint density at radius 2 is 1.59 bits per heavy atom. The first-order chi connectivity index (χ1) is 16.4. The maximum atomic E-state index is 13.4. The van der Waals surface area contributed by atoms with Crippen molar-refractivity contribution in [1.82, 2.24) is 14.1 Å². The number of benzene rings is 2. The molecule has 34 heavy (non-hydrogen) atoms. The second-order valence-corrected chi connectivity index (χ2v) is 10.6. The van der Waals surface area contributed by atoms with Crippen molar-refractivity contribution >= 4 is 15.9 Å². The Morgan fingerprint density at radius 3 is 2.26 bits per heavy atom. The molecule has 2 saturated heterocycles. The number of hydrogen-bond acceptors (Lipinski definition) is 6. The Morgan fingerprint density at radius 1 is 0.882 bits per heavy atom. The van der Waals surface area contributed by atoms with Gasteiger partial charge in [0.05, 0.1) is 24.7 Å². The molecule has 0 atom stereocenters. The van der Waals surface area contributed by atoms with Gasteiger partial charge in [-0.1, -0.05) is 18.6 Å². The first-order valence-electron chi connectivity index (χ1n) is 11.8. The highest BCUT2D eigenvalue weighted by Gasteiger charge is 2.32. The Kier molecular flexibility index (Phi) is 7.75. The van der Waals surface area contributed by atoms with Gasteiger partial charge in [-0.05, 0) is 43.2 Å². The summed E-state index contributed by atoms with van der Waals surface area (Å²) in [5, 5.41) is 0. The number of piperazine rings is 1. The van der Waals surface area contributed by atoms with Crippen molar-refractivity contribution in [2.45, 2.75) is 30.7 Å². The minimum atomic E-state index is -3.69. The summed E-state index contributed by atoms with van der Waals surface area (Å²) in [5.74, 6) is 1.35. The van der Waals surface area contributed by atoms with Crippen LogP contribution in [-0.4, -0.2) is 81.9 Å². The van der Waals surface area contributed by atoms with Crippen LogP contribution in [0.3, 0.4) is 0 Å². The van der Waals surface area contributed by atoms with Crippen LogP contribution in [-0.2, 0) is 16.6 Å². The molecule has 9 heteroatoms. The van der Waals surface area contributed by atoms with E-state index in [0.29, 0.717) is 45.8 Å². The van der Waals surface area contributed by atoms with Gasteiger partial charge in [-0.3, -0.25) is 9.69 Å². The summed E-state index contributed by atoms with van der Waals surface area (Å²) in [6.45, 7) is 4.14. The van der Waals surface area contributed by atoms with Crippen molar-refractivity contribution in [2.24, 2.45) is 0 Å². The van der Waals surface area contributed by atoms with Crippen LogP contribution >= 0.6 is 0 Å². The summed E-state index contributed by atoms with van der Waals surface area (Å²) in [7, 11) is -0.404. The van der Waals surface area contributed by atoms with Crippen molar-refractivity contribution in [1.29, 1.82) is 0 Å². The average molecular weight is 488 g/mol. The zero-order valence-corrected chi connectivity index (χ0v) is 20.7. The van der Waals surface area contributed by atoms with Gasteiger partial charge in [0.1, 0.15) is 11.5 Å². The van der Waals surface area contributed by atoms with E-state index in [9.17, 15) is 13.2 Å². The van der Waals surface area contributed by atoms with Crippen LogP contribution in [0.5, 0.6) is 11.5 Å². The molecule has 184 valence electrons. The van der Waals surface area contributed by atoms with E-state index in [4.69, 9.17) is 9.47 Å². The summed E-state index contributed by atoms with van der Waals surface area (Å²) in [6, 6.07) is 12.3. The van der Waals surface area contributed by atoms with Crippen LogP contribution < -0.4 is 9.47 Å². The van der Waals surface area contributed by atoms with Gasteiger partial charge in [0, 0.05) is 51.4 Å². The van der Waals surface area contributed by atoms with Gasteiger partial charge in [-0.25, -0.2) is 8.42 Å². The molecule has 0 aliphatic carbocycles. The zero-order valence-electron chi connectivity index (χ0n) is 19.9. The Balaban J connectivity index is 1.45. The molecule has 0 aromatic heterocycles. The standard InChI is InChI=1S/C25H33N3O5S/c1-32-21-10-11-23(33-2)20(18-21)19-26-14-16-27(17-15-26)25(29)22-8-4-5-9-24(22)34(30,31)28-12-6-3-7-13-28/h4-5,8-11,18H,3,6-7,12-17,19H2,1-2H3. The topological polar surface area (TPSA) is 79.4 Å². The first kappa shape index (κ1) is 24.5. The number of piperidine rings is 1. The van der Waals surface area contributed by atoms with Crippen molar-refractivity contribution in [3.05, 3.63) is 53.6 Å². The summed E-state index contributed by atoms with van der Waals surface area (Å²) in [6.07, 6.45) is 2.75. The Bertz CT molecular complexity index is 1110. The number of carbonyl (C=O) groups is 1. The lowest BCUT2D eigenvalue weighted by molar-refractivity contribution is 0.0623. The molecule has 0 radical (unpaired) electrons. The predicted octanol–water partition coefficient (Wildman–Crippen LogP) is 2.84. The van der Waals surface area contributed by atoms with Gasteiger partial charge in [0.25, 0.3) is 5.91 Å². The molecular formula is C25H33N3O5S. The second-order valence-electron chi connectivity index (χ2n) is 8.71. The second kappa shape index (κ2) is 10.8. The molecule has 2 fully saturated rings. The zero-order chi connectivity index (χ0) is 24.1. The highest BCUT2D eigenvalue weighted by atomic mass is 32.2. The third-order valence-corrected chi connectivity index (χ3v) is 8.55. The molecular weight excluding hydrogens is 454 g/mol. The molecule has 2 aliphatic rings. The number of amides is 1. The molecule has 2 aromatic carbocycles. The highest BCUT2D eigenvalue weighted by Crippen LogP contribution is 2.27. The molecule has 2 aromatic rings. The summed E-state index contributed by atoms with van der Waals surface area (Å²) < 4.78 is 38.9. The number of methoxy groups -OCH3 is 2. The van der Waals surface area contributed by atoms with Crippen LogP contribution in [0, 0.1) is 0 Å². The number of hydrogen-bond donors (Lipinski definition) is 0. The van der Waals surface area contributed by atoms with Crippen molar-refractivity contribution in [2.75, 3.05) is 53.5 Å². The molecule has 2 heterocycles. The number of rotatable bonds is 7. The van der Waals surface area contributed by atoms with Crippen LogP contribution in [0.4, 0.5) is 0 Å². The number of carbonyl (C=O) groups excluding carboxylic acids is 1. The number of nitrogens with zero attached hydrogens (tertiary/aromatic N) is 3. The molecule has 0 spiro atoms. The van der Waals surface area contributed by atoms with E-state index in [1.807, 2.05) is 18.2 Å². The van der Waals surface area contributed by atoms with Crippen LogP contribution in [0.15, 0.2) is 47.4 Å². The molecule has 0 saturated carbocycles. The number of ether oxygens (including phenoxy) is 2. The fourth-order valence-corrected chi connectivity index (χ4v) is 6.34. The summed E-state index contributed by atoms with van der Waals surface area (Å²) >= 11 is 0.